The highest BCUT2D eigenvalue weighted by Crippen LogP contribution is 2.24. The molecule has 21 heavy (non-hydrogen) atoms. The second-order valence-corrected chi connectivity index (χ2v) is 4.48. The number of amides is 1. The van der Waals surface area contributed by atoms with E-state index in [4.69, 9.17) is 15.6 Å². The number of aromatic nitrogens is 1. The summed E-state index contributed by atoms with van der Waals surface area (Å²) in [4.78, 5) is 15.3. The molecule has 0 fully saturated rings. The van der Waals surface area contributed by atoms with E-state index in [-0.39, 0.29) is 6.61 Å². The molecule has 0 saturated carbocycles. The number of ether oxygens (including phenoxy) is 1. The van der Waals surface area contributed by atoms with Crippen molar-refractivity contribution >= 4 is 17.4 Å². The Bertz CT molecular complexity index is 644. The van der Waals surface area contributed by atoms with Crippen LogP contribution in [-0.2, 0) is 11.4 Å². The maximum atomic E-state index is 11.3. The summed E-state index contributed by atoms with van der Waals surface area (Å²) >= 11 is 0. The van der Waals surface area contributed by atoms with Crippen LogP contribution < -0.4 is 15.8 Å². The number of benzene rings is 1. The summed E-state index contributed by atoms with van der Waals surface area (Å²) in [5, 5.41) is 11.5. The van der Waals surface area contributed by atoms with Gasteiger partial charge in [-0.15, -0.1) is 0 Å². The Morgan fingerprint density at radius 2 is 2.19 bits per heavy atom. The van der Waals surface area contributed by atoms with E-state index in [1.165, 1.54) is 0 Å². The third-order valence-corrected chi connectivity index (χ3v) is 3.00. The molecule has 6 heteroatoms. The van der Waals surface area contributed by atoms with Crippen molar-refractivity contribution in [1.29, 1.82) is 0 Å². The third-order valence-electron chi connectivity index (χ3n) is 3.00. The van der Waals surface area contributed by atoms with Crippen LogP contribution in [0.5, 0.6) is 5.75 Å². The quantitative estimate of drug-likeness (QED) is 0.774. The minimum Gasteiger partial charge on any atom is -0.485 e. The number of pyridine rings is 1. The van der Waals surface area contributed by atoms with E-state index < -0.39 is 12.5 Å². The number of carbonyl (C=O) groups excluding carboxylic acids is 1. The highest BCUT2D eigenvalue weighted by atomic mass is 16.5. The minimum atomic E-state index is -0.566. The average molecular weight is 287 g/mol. The van der Waals surface area contributed by atoms with Gasteiger partial charge in [-0.3, -0.25) is 4.79 Å². The van der Waals surface area contributed by atoms with Crippen LogP contribution in [0.4, 0.5) is 11.5 Å². The van der Waals surface area contributed by atoms with Gasteiger partial charge in [0.15, 0.2) is 11.6 Å². The molecule has 0 aliphatic heterocycles. The molecule has 0 aliphatic carbocycles. The zero-order valence-corrected chi connectivity index (χ0v) is 11.7. The zero-order chi connectivity index (χ0) is 15.2. The predicted molar refractivity (Wildman–Crippen MR) is 79.9 cm³/mol. The molecule has 0 bridgehead atoms. The van der Waals surface area contributed by atoms with Crippen LogP contribution in [0.15, 0.2) is 36.5 Å². The highest BCUT2D eigenvalue weighted by molar-refractivity contribution is 5.92. The molecule has 0 saturated heterocycles. The molecule has 110 valence electrons. The topological polar surface area (TPSA) is 97.5 Å². The molecule has 4 N–H and O–H groups in total. The van der Waals surface area contributed by atoms with Crippen LogP contribution >= 0.6 is 0 Å². The van der Waals surface area contributed by atoms with Gasteiger partial charge in [0, 0.05) is 17.4 Å². The lowest BCUT2D eigenvalue weighted by Crippen LogP contribution is -2.17. The number of hydrogen-bond acceptors (Lipinski definition) is 5. The number of anilines is 2. The number of nitrogen functional groups attached to an aromatic ring is 1. The molecule has 2 rings (SSSR count). The van der Waals surface area contributed by atoms with Gasteiger partial charge in [0.1, 0.15) is 13.2 Å². The van der Waals surface area contributed by atoms with E-state index in [0.29, 0.717) is 17.3 Å². The summed E-state index contributed by atoms with van der Waals surface area (Å²) in [6.45, 7) is 1.59. The van der Waals surface area contributed by atoms with Crippen molar-refractivity contribution in [1.82, 2.24) is 4.98 Å². The average Bonchev–Trinajstić information content (AvgIpc) is 2.48. The molecule has 6 nitrogen and oxygen atoms in total. The van der Waals surface area contributed by atoms with Gasteiger partial charge < -0.3 is 20.9 Å². The van der Waals surface area contributed by atoms with Gasteiger partial charge in [0.05, 0.1) is 0 Å². The molecule has 1 aromatic carbocycles. The summed E-state index contributed by atoms with van der Waals surface area (Å²) in [5.41, 5.74) is 8.12. The number of nitrogens with zero attached hydrogens (tertiary/aromatic N) is 1. The molecule has 0 radical (unpaired) electrons. The Morgan fingerprint density at radius 3 is 2.90 bits per heavy atom. The fourth-order valence-corrected chi connectivity index (χ4v) is 1.88. The van der Waals surface area contributed by atoms with Crippen molar-refractivity contribution in [2.45, 2.75) is 13.5 Å². The van der Waals surface area contributed by atoms with Crippen molar-refractivity contribution in [2.24, 2.45) is 0 Å². The largest absolute Gasteiger partial charge is 0.485 e. The Labute approximate surface area is 122 Å². The molecule has 0 unspecified atom stereocenters. The van der Waals surface area contributed by atoms with E-state index in [0.717, 1.165) is 11.1 Å². The molecule has 0 aliphatic rings. The van der Waals surface area contributed by atoms with Crippen LogP contribution in [0.2, 0.25) is 0 Å². The summed E-state index contributed by atoms with van der Waals surface area (Å²) in [7, 11) is 0. The van der Waals surface area contributed by atoms with Gasteiger partial charge in [-0.2, -0.15) is 0 Å². The van der Waals surface area contributed by atoms with Crippen LogP contribution in [0, 0.1) is 6.92 Å². The van der Waals surface area contributed by atoms with Gasteiger partial charge in [-0.25, -0.2) is 4.98 Å². The lowest BCUT2D eigenvalue weighted by atomic mass is 10.1. The van der Waals surface area contributed by atoms with E-state index in [1.807, 2.05) is 19.1 Å². The predicted octanol–water partition coefficient (Wildman–Crippen LogP) is 1.48. The van der Waals surface area contributed by atoms with E-state index in [1.54, 1.807) is 24.4 Å². The third kappa shape index (κ3) is 3.70. The Kier molecular flexibility index (Phi) is 4.73. The summed E-state index contributed by atoms with van der Waals surface area (Å²) in [6.07, 6.45) is 1.59. The summed E-state index contributed by atoms with van der Waals surface area (Å²) in [6, 6.07) is 8.96. The number of nitrogens with one attached hydrogen (secondary N) is 1. The number of rotatable bonds is 5. The van der Waals surface area contributed by atoms with Crippen molar-refractivity contribution in [3.05, 3.63) is 47.7 Å². The molecule has 1 heterocycles. The second-order valence-electron chi connectivity index (χ2n) is 4.48. The van der Waals surface area contributed by atoms with Gasteiger partial charge in [0.25, 0.3) is 0 Å². The number of aliphatic hydroxyl groups is 1. The molecule has 1 amide bonds. The number of hydrogen-bond donors (Lipinski definition) is 3. The monoisotopic (exact) mass is 287 g/mol. The van der Waals surface area contributed by atoms with Gasteiger partial charge in [-0.1, -0.05) is 12.1 Å². The molecule has 1 aromatic heterocycles. The first-order chi connectivity index (χ1) is 10.1. The number of aryl methyl sites for hydroxylation is 1. The lowest BCUT2D eigenvalue weighted by Gasteiger charge is -2.14. The van der Waals surface area contributed by atoms with E-state index in [2.05, 4.69) is 10.3 Å². The Balaban J connectivity index is 2.19. The minimum absolute atomic E-state index is 0.240. The molecule has 0 spiro atoms. The van der Waals surface area contributed by atoms with Gasteiger partial charge in [-0.05, 0) is 30.7 Å². The molecular formula is C15H17N3O3. The van der Waals surface area contributed by atoms with Crippen LogP contribution in [0.25, 0.3) is 0 Å². The zero-order valence-electron chi connectivity index (χ0n) is 11.7. The summed E-state index contributed by atoms with van der Waals surface area (Å²) in [5.74, 6) is 0.329. The molecule has 0 atom stereocenters. The SMILES string of the molecule is Cc1cccc(NC(=O)CO)c1COc1cccnc1N. The fourth-order valence-electron chi connectivity index (χ4n) is 1.88. The maximum absolute atomic E-state index is 11.3. The van der Waals surface area contributed by atoms with Crippen LogP contribution in [0.3, 0.4) is 0 Å². The fraction of sp³-hybridized carbons (Fsp3) is 0.200. The van der Waals surface area contributed by atoms with Crippen molar-refractivity contribution in [3.63, 3.8) is 0 Å². The maximum Gasteiger partial charge on any atom is 0.250 e. The highest BCUT2D eigenvalue weighted by Gasteiger charge is 2.10. The molecule has 2 aromatic rings. The van der Waals surface area contributed by atoms with Crippen LogP contribution in [-0.4, -0.2) is 22.6 Å². The first kappa shape index (κ1) is 14.8. The van der Waals surface area contributed by atoms with E-state index >= 15 is 0 Å². The standard InChI is InChI=1S/C15H17N3O3/c1-10-4-2-5-12(18-14(20)8-19)11(10)9-21-13-6-3-7-17-15(13)16/h2-7,19H,8-9H2,1H3,(H2,16,17)(H,18,20). The van der Waals surface area contributed by atoms with Crippen molar-refractivity contribution in [3.8, 4) is 5.75 Å². The summed E-state index contributed by atoms with van der Waals surface area (Å²) < 4.78 is 5.66. The lowest BCUT2D eigenvalue weighted by molar-refractivity contribution is -0.118. The number of nitrogens with two attached hydrogens (primary N) is 1. The number of carbonyl (C=O) groups is 1. The van der Waals surface area contributed by atoms with Gasteiger partial charge in [0.2, 0.25) is 5.91 Å². The first-order valence-electron chi connectivity index (χ1n) is 6.44. The Morgan fingerprint density at radius 1 is 1.38 bits per heavy atom. The van der Waals surface area contributed by atoms with E-state index in [9.17, 15) is 4.79 Å². The molecular weight excluding hydrogens is 270 g/mol. The Hall–Kier alpha value is -2.60. The van der Waals surface area contributed by atoms with Crippen molar-refractivity contribution in [2.75, 3.05) is 17.7 Å². The van der Waals surface area contributed by atoms with Gasteiger partial charge >= 0.3 is 0 Å². The second kappa shape index (κ2) is 6.71. The van der Waals surface area contributed by atoms with Crippen LogP contribution in [0.1, 0.15) is 11.1 Å². The first-order valence-corrected chi connectivity index (χ1v) is 6.44. The normalized spacial score (nSPS) is 10.2. The van der Waals surface area contributed by atoms with Crippen molar-refractivity contribution < 1.29 is 14.6 Å². The number of aliphatic hydroxyl groups excluding tert-OH is 1. The smallest absolute Gasteiger partial charge is 0.250 e.